The molecule has 0 aromatic rings. The van der Waals surface area contributed by atoms with Crippen molar-refractivity contribution >= 4 is 0 Å². The molecule has 0 bridgehead atoms. The number of hydrogen-bond donors (Lipinski definition) is 1. The highest BCUT2D eigenvalue weighted by Crippen LogP contribution is 2.41. The van der Waals surface area contributed by atoms with Gasteiger partial charge < -0.3 is 10.6 Å². The van der Waals surface area contributed by atoms with Crippen LogP contribution < -0.4 is 5.73 Å². The van der Waals surface area contributed by atoms with Gasteiger partial charge in [0.2, 0.25) is 0 Å². The number of hydrogen-bond acceptors (Lipinski definition) is 3. The van der Waals surface area contributed by atoms with E-state index >= 15 is 0 Å². The third kappa shape index (κ3) is 4.20. The normalized spacial score (nSPS) is 33.3. The number of piperazine rings is 1. The van der Waals surface area contributed by atoms with Crippen LogP contribution in [0.5, 0.6) is 0 Å². The van der Waals surface area contributed by atoms with Gasteiger partial charge in [0.25, 0.3) is 0 Å². The molecule has 3 unspecified atom stereocenters. The van der Waals surface area contributed by atoms with E-state index in [4.69, 9.17) is 5.73 Å². The Balaban J connectivity index is 1.92. The lowest BCUT2D eigenvalue weighted by Gasteiger charge is -2.48. The molecule has 1 saturated carbocycles. The van der Waals surface area contributed by atoms with Gasteiger partial charge in [0.1, 0.15) is 0 Å². The first-order chi connectivity index (χ1) is 9.97. The molecule has 1 aliphatic heterocycles. The Labute approximate surface area is 132 Å². The molecule has 1 heterocycles. The number of rotatable bonds is 5. The van der Waals surface area contributed by atoms with Gasteiger partial charge in [0, 0.05) is 38.3 Å². The van der Waals surface area contributed by atoms with Crippen LogP contribution in [0.4, 0.5) is 0 Å². The highest BCUT2D eigenvalue weighted by molar-refractivity contribution is 4.94. The molecule has 0 radical (unpaired) electrons. The van der Waals surface area contributed by atoms with E-state index in [0.29, 0.717) is 17.5 Å². The van der Waals surface area contributed by atoms with Gasteiger partial charge >= 0.3 is 0 Å². The third-order valence-electron chi connectivity index (χ3n) is 6.30. The Bertz CT molecular complexity index is 308. The summed E-state index contributed by atoms with van der Waals surface area (Å²) in [6.07, 6.45) is 6.41. The van der Waals surface area contributed by atoms with Crippen LogP contribution in [0.15, 0.2) is 0 Å². The minimum Gasteiger partial charge on any atom is -0.326 e. The first-order valence-electron chi connectivity index (χ1n) is 9.20. The van der Waals surface area contributed by atoms with Crippen molar-refractivity contribution < 1.29 is 0 Å². The van der Waals surface area contributed by atoms with Crippen LogP contribution in [0.25, 0.3) is 0 Å². The van der Waals surface area contributed by atoms with E-state index in [2.05, 4.69) is 37.5 Å². The average molecular weight is 296 g/mol. The zero-order chi connectivity index (χ0) is 15.5. The van der Waals surface area contributed by atoms with Gasteiger partial charge in [-0.2, -0.15) is 0 Å². The van der Waals surface area contributed by atoms with Gasteiger partial charge in [-0.15, -0.1) is 0 Å². The SMILES string of the molecule is CCCN1CCN(C2CC(C(C)(C)CC)CCC2N)CC1. The number of nitrogens with two attached hydrogens (primary N) is 1. The molecule has 21 heavy (non-hydrogen) atoms. The Kier molecular flexibility index (Phi) is 6.10. The summed E-state index contributed by atoms with van der Waals surface area (Å²) in [4.78, 5) is 5.31. The zero-order valence-electron chi connectivity index (χ0n) is 14.8. The summed E-state index contributed by atoms with van der Waals surface area (Å²) < 4.78 is 0. The minimum absolute atomic E-state index is 0.395. The summed E-state index contributed by atoms with van der Waals surface area (Å²) in [6, 6.07) is 1.02. The highest BCUT2D eigenvalue weighted by Gasteiger charge is 2.38. The van der Waals surface area contributed by atoms with Crippen LogP contribution >= 0.6 is 0 Å². The zero-order valence-corrected chi connectivity index (χ0v) is 14.8. The van der Waals surface area contributed by atoms with Crippen molar-refractivity contribution in [1.29, 1.82) is 0 Å². The topological polar surface area (TPSA) is 32.5 Å². The van der Waals surface area contributed by atoms with Crippen molar-refractivity contribution in [3.63, 3.8) is 0 Å². The average Bonchev–Trinajstić information content (AvgIpc) is 2.49. The van der Waals surface area contributed by atoms with E-state index in [1.54, 1.807) is 0 Å². The van der Waals surface area contributed by atoms with Crippen molar-refractivity contribution in [2.45, 2.75) is 71.9 Å². The summed E-state index contributed by atoms with van der Waals surface area (Å²) in [7, 11) is 0. The Hall–Kier alpha value is -0.120. The minimum atomic E-state index is 0.395. The molecule has 2 N–H and O–H groups in total. The van der Waals surface area contributed by atoms with Crippen molar-refractivity contribution in [3.8, 4) is 0 Å². The first kappa shape index (κ1) is 17.2. The predicted molar refractivity (Wildman–Crippen MR) is 91.5 cm³/mol. The van der Waals surface area contributed by atoms with Crippen molar-refractivity contribution in [3.05, 3.63) is 0 Å². The molecule has 3 nitrogen and oxygen atoms in total. The maximum atomic E-state index is 6.49. The van der Waals surface area contributed by atoms with Crippen molar-refractivity contribution in [1.82, 2.24) is 9.80 Å². The molecule has 3 atom stereocenters. The summed E-state index contributed by atoms with van der Waals surface area (Å²) in [5, 5.41) is 0. The highest BCUT2D eigenvalue weighted by atomic mass is 15.3. The van der Waals surface area contributed by atoms with Gasteiger partial charge in [-0.1, -0.05) is 34.1 Å². The smallest absolute Gasteiger partial charge is 0.0251 e. The Morgan fingerprint density at radius 2 is 1.71 bits per heavy atom. The first-order valence-corrected chi connectivity index (χ1v) is 9.20. The second-order valence-corrected chi connectivity index (χ2v) is 7.96. The molecule has 2 aliphatic rings. The van der Waals surface area contributed by atoms with Crippen molar-refractivity contribution in [2.75, 3.05) is 32.7 Å². The van der Waals surface area contributed by atoms with Gasteiger partial charge in [-0.05, 0) is 43.6 Å². The molecule has 1 aliphatic carbocycles. The fourth-order valence-electron chi connectivity index (χ4n) is 4.22. The summed E-state index contributed by atoms with van der Waals surface area (Å²) in [5.41, 5.74) is 6.97. The molecule has 2 rings (SSSR count). The fraction of sp³-hybridized carbons (Fsp3) is 1.00. The lowest BCUT2D eigenvalue weighted by molar-refractivity contribution is 0.0298. The Morgan fingerprint density at radius 3 is 2.29 bits per heavy atom. The third-order valence-corrected chi connectivity index (χ3v) is 6.30. The molecule has 2 fully saturated rings. The van der Waals surface area contributed by atoms with Crippen LogP contribution in [0, 0.1) is 11.3 Å². The van der Waals surface area contributed by atoms with Crippen LogP contribution in [-0.4, -0.2) is 54.6 Å². The maximum Gasteiger partial charge on any atom is 0.0251 e. The predicted octanol–water partition coefficient (Wildman–Crippen LogP) is 2.95. The molecule has 0 aromatic heterocycles. The molecule has 0 aromatic carbocycles. The second kappa shape index (κ2) is 7.43. The van der Waals surface area contributed by atoms with Gasteiger partial charge in [-0.25, -0.2) is 0 Å². The molecular formula is C18H37N3. The summed E-state index contributed by atoms with van der Waals surface area (Å²) >= 11 is 0. The fourth-order valence-corrected chi connectivity index (χ4v) is 4.22. The lowest BCUT2D eigenvalue weighted by Crippen LogP contribution is -2.58. The largest absolute Gasteiger partial charge is 0.326 e. The van der Waals surface area contributed by atoms with Crippen molar-refractivity contribution in [2.24, 2.45) is 17.1 Å². The van der Waals surface area contributed by atoms with E-state index in [0.717, 1.165) is 5.92 Å². The van der Waals surface area contributed by atoms with E-state index in [1.165, 1.54) is 64.8 Å². The van der Waals surface area contributed by atoms with Gasteiger partial charge in [-0.3, -0.25) is 4.90 Å². The monoisotopic (exact) mass is 295 g/mol. The quantitative estimate of drug-likeness (QED) is 0.846. The molecule has 3 heteroatoms. The van der Waals surface area contributed by atoms with Crippen LogP contribution in [0.3, 0.4) is 0 Å². The molecule has 0 amide bonds. The van der Waals surface area contributed by atoms with Gasteiger partial charge in [0.15, 0.2) is 0 Å². The van der Waals surface area contributed by atoms with E-state index in [-0.39, 0.29) is 0 Å². The standard InChI is InChI=1S/C18H37N3/c1-5-9-20-10-12-21(13-11-20)17-14-15(7-8-16(17)19)18(3,4)6-2/h15-17H,5-14,19H2,1-4H3. The van der Waals surface area contributed by atoms with E-state index in [9.17, 15) is 0 Å². The second-order valence-electron chi connectivity index (χ2n) is 7.96. The summed E-state index contributed by atoms with van der Waals surface area (Å²) in [6.45, 7) is 15.7. The molecule has 1 saturated heterocycles. The van der Waals surface area contributed by atoms with Crippen LogP contribution in [0.1, 0.15) is 59.8 Å². The Morgan fingerprint density at radius 1 is 1.05 bits per heavy atom. The number of nitrogens with zero attached hydrogens (tertiary/aromatic N) is 2. The van der Waals surface area contributed by atoms with Crippen LogP contribution in [-0.2, 0) is 0 Å². The van der Waals surface area contributed by atoms with Crippen LogP contribution in [0.2, 0.25) is 0 Å². The summed E-state index contributed by atoms with van der Waals surface area (Å²) in [5.74, 6) is 0.848. The molecule has 0 spiro atoms. The van der Waals surface area contributed by atoms with E-state index < -0.39 is 0 Å². The molecular weight excluding hydrogens is 258 g/mol. The van der Waals surface area contributed by atoms with E-state index in [1.807, 2.05) is 0 Å². The maximum absolute atomic E-state index is 6.49. The lowest BCUT2D eigenvalue weighted by atomic mass is 9.67. The van der Waals surface area contributed by atoms with Gasteiger partial charge in [0.05, 0.1) is 0 Å². The molecule has 124 valence electrons.